The zero-order valence-corrected chi connectivity index (χ0v) is 13.9. The Morgan fingerprint density at radius 3 is 2.67 bits per heavy atom. The van der Waals surface area contributed by atoms with Crippen LogP contribution in [0.3, 0.4) is 0 Å². The molecular weight excluding hydrogens is 360 g/mol. The molecule has 6 nitrogen and oxygen atoms in total. The van der Waals surface area contributed by atoms with Gasteiger partial charge in [-0.1, -0.05) is 11.5 Å². The first-order chi connectivity index (χ1) is 12.8. The van der Waals surface area contributed by atoms with E-state index in [0.29, 0.717) is 0 Å². The lowest BCUT2D eigenvalue weighted by molar-refractivity contribution is -0.117. The first kappa shape index (κ1) is 17.5. The van der Waals surface area contributed by atoms with Crippen molar-refractivity contribution in [2.45, 2.75) is 18.0 Å². The number of fused-ring (bicyclic) bond motifs is 2. The van der Waals surface area contributed by atoms with Crippen LogP contribution in [0.4, 0.5) is 19.1 Å². The predicted molar refractivity (Wildman–Crippen MR) is 91.6 cm³/mol. The van der Waals surface area contributed by atoms with Crippen molar-refractivity contribution in [3.05, 3.63) is 47.3 Å². The second kappa shape index (κ2) is 6.07. The fraction of sp³-hybridized carbons (Fsp3) is 0.294. The van der Waals surface area contributed by atoms with E-state index in [4.69, 9.17) is 7.85 Å². The summed E-state index contributed by atoms with van der Waals surface area (Å²) < 4.78 is 41.5. The number of halogens is 3. The molecular formula is C17H14BF3N4O2. The van der Waals surface area contributed by atoms with Crippen LogP contribution < -0.4 is 10.8 Å². The Labute approximate surface area is 154 Å². The number of carbonyl (C=O) groups is 2. The van der Waals surface area contributed by atoms with Crippen molar-refractivity contribution in [2.75, 3.05) is 18.4 Å². The van der Waals surface area contributed by atoms with Crippen molar-refractivity contribution in [3.63, 3.8) is 0 Å². The summed E-state index contributed by atoms with van der Waals surface area (Å²) in [5.74, 6) is -2.81. The highest BCUT2D eigenvalue weighted by atomic mass is 19.1. The van der Waals surface area contributed by atoms with Crippen molar-refractivity contribution in [1.82, 2.24) is 14.9 Å². The van der Waals surface area contributed by atoms with E-state index >= 15 is 0 Å². The van der Waals surface area contributed by atoms with E-state index in [-0.39, 0.29) is 36.9 Å². The largest absolute Gasteiger partial charge is 0.328 e. The second-order valence-corrected chi connectivity index (χ2v) is 6.65. The molecule has 1 saturated carbocycles. The maximum absolute atomic E-state index is 14.5. The summed E-state index contributed by atoms with van der Waals surface area (Å²) in [6.07, 6.45) is 0.481. The molecule has 27 heavy (non-hydrogen) atoms. The average Bonchev–Trinajstić information content (AvgIpc) is 3.26. The molecule has 1 unspecified atom stereocenters. The first-order valence-corrected chi connectivity index (χ1v) is 8.11. The number of hydrogen-bond acceptors (Lipinski definition) is 4. The quantitative estimate of drug-likeness (QED) is 0.810. The number of alkyl halides is 1. The number of nitrogens with one attached hydrogen (secondary N) is 1. The second-order valence-electron chi connectivity index (χ2n) is 6.65. The number of benzene rings is 1. The minimum Gasteiger partial charge on any atom is -0.328 e. The van der Waals surface area contributed by atoms with Crippen LogP contribution in [0.15, 0.2) is 24.5 Å². The van der Waals surface area contributed by atoms with Crippen molar-refractivity contribution in [3.8, 4) is 0 Å². The molecule has 1 N–H and O–H groups in total. The Balaban J connectivity index is 0.00000225. The van der Waals surface area contributed by atoms with Crippen LogP contribution >= 0.6 is 0 Å². The zero-order valence-electron chi connectivity index (χ0n) is 13.9. The van der Waals surface area contributed by atoms with Gasteiger partial charge in [-0.2, -0.15) is 0 Å². The van der Waals surface area contributed by atoms with E-state index in [2.05, 4.69) is 15.3 Å². The van der Waals surface area contributed by atoms with E-state index < -0.39 is 41.6 Å². The maximum atomic E-state index is 14.5. The maximum Gasteiger partial charge on any atom is 0.254 e. The molecule has 1 aliphatic heterocycles. The van der Waals surface area contributed by atoms with Crippen LogP contribution in [0, 0.1) is 11.6 Å². The predicted octanol–water partition coefficient (Wildman–Crippen LogP) is 0.869. The smallest absolute Gasteiger partial charge is 0.254 e. The number of hydrogen-bond donors (Lipinski definition) is 1. The normalized spacial score (nSPS) is 23.3. The highest BCUT2D eigenvalue weighted by Gasteiger charge is 2.62. The van der Waals surface area contributed by atoms with E-state index in [0.717, 1.165) is 17.3 Å². The van der Waals surface area contributed by atoms with Crippen LogP contribution in [-0.4, -0.2) is 53.8 Å². The number of rotatable bonds is 3. The standard InChI is InChI=1S/C17H12BF3N4O2.H2/c18-10-2-1-9-13(14(10)21)17(3-11(17)20)7-25(15(9)27)6-12(26)24-16-22-4-8(19)5-23-16;/h1-2,4-5,11H,3,6-7H2,(H,22,23,24,26);1H/t11?,17-;/m1./s1. The molecule has 1 fully saturated rings. The highest BCUT2D eigenvalue weighted by Crippen LogP contribution is 2.55. The molecule has 1 aliphatic carbocycles. The van der Waals surface area contributed by atoms with Gasteiger partial charge < -0.3 is 4.90 Å². The third kappa shape index (κ3) is 2.85. The van der Waals surface area contributed by atoms with Gasteiger partial charge in [0, 0.05) is 19.1 Å². The van der Waals surface area contributed by atoms with Gasteiger partial charge in [-0.05, 0) is 12.5 Å². The number of amides is 2. The SMILES string of the molecule is [B]c1ccc2c(c1F)[C@]1(CC1F)CN(CC(=O)Nc1ncc(F)cn1)C2=O.[HH]. The molecule has 4 rings (SSSR count). The van der Waals surface area contributed by atoms with Gasteiger partial charge in [-0.15, -0.1) is 0 Å². The van der Waals surface area contributed by atoms with Crippen molar-refractivity contribution in [2.24, 2.45) is 0 Å². The summed E-state index contributed by atoms with van der Waals surface area (Å²) in [7, 11) is 5.57. The Hall–Kier alpha value is -2.91. The van der Waals surface area contributed by atoms with E-state index in [9.17, 15) is 22.8 Å². The van der Waals surface area contributed by atoms with Gasteiger partial charge in [-0.3, -0.25) is 14.9 Å². The molecule has 138 valence electrons. The lowest BCUT2D eigenvalue weighted by Gasteiger charge is -2.34. The molecule has 2 atom stereocenters. The summed E-state index contributed by atoms with van der Waals surface area (Å²) in [4.78, 5) is 33.2. The third-order valence-electron chi connectivity index (χ3n) is 4.85. The summed E-state index contributed by atoms with van der Waals surface area (Å²) >= 11 is 0. The van der Waals surface area contributed by atoms with Gasteiger partial charge in [0.1, 0.15) is 26.4 Å². The molecule has 10 heteroatoms. The van der Waals surface area contributed by atoms with Crippen molar-refractivity contribution >= 4 is 31.1 Å². The van der Waals surface area contributed by atoms with Gasteiger partial charge >= 0.3 is 0 Å². The number of anilines is 1. The summed E-state index contributed by atoms with van der Waals surface area (Å²) in [6.45, 7) is -0.544. The van der Waals surface area contributed by atoms with Gasteiger partial charge in [0.15, 0.2) is 5.82 Å². The van der Waals surface area contributed by atoms with E-state index in [1.165, 1.54) is 12.1 Å². The van der Waals surface area contributed by atoms with Crippen LogP contribution in [0.25, 0.3) is 0 Å². The molecule has 0 saturated heterocycles. The molecule has 2 aliphatic rings. The number of nitrogens with zero attached hydrogens (tertiary/aromatic N) is 3. The lowest BCUT2D eigenvalue weighted by atomic mass is 9.81. The fourth-order valence-electron chi connectivity index (χ4n) is 3.44. The molecule has 0 bridgehead atoms. The van der Waals surface area contributed by atoms with Crippen LogP contribution in [-0.2, 0) is 10.2 Å². The Bertz CT molecular complexity index is 962. The Morgan fingerprint density at radius 1 is 1.37 bits per heavy atom. The first-order valence-electron chi connectivity index (χ1n) is 8.11. The summed E-state index contributed by atoms with van der Waals surface area (Å²) in [5, 5.41) is 2.33. The van der Waals surface area contributed by atoms with Crippen LogP contribution in [0.2, 0.25) is 0 Å². The monoisotopic (exact) mass is 374 g/mol. The number of carbonyl (C=O) groups excluding carboxylic acids is 2. The Kier molecular flexibility index (Phi) is 3.94. The van der Waals surface area contributed by atoms with Crippen LogP contribution in [0.5, 0.6) is 0 Å². The van der Waals surface area contributed by atoms with Gasteiger partial charge in [0.25, 0.3) is 5.91 Å². The topological polar surface area (TPSA) is 75.2 Å². The molecule has 1 spiro atoms. The molecule has 2 radical (unpaired) electrons. The van der Waals surface area contributed by atoms with Gasteiger partial charge in [0.2, 0.25) is 11.9 Å². The average molecular weight is 374 g/mol. The van der Waals surface area contributed by atoms with Crippen LogP contribution in [0.1, 0.15) is 23.8 Å². The van der Waals surface area contributed by atoms with Gasteiger partial charge in [-0.25, -0.2) is 23.1 Å². The zero-order chi connectivity index (χ0) is 19.3. The minimum absolute atomic E-state index is 0. The lowest BCUT2D eigenvalue weighted by Crippen LogP contribution is -2.48. The highest BCUT2D eigenvalue weighted by molar-refractivity contribution is 6.32. The molecule has 2 aromatic rings. The molecule has 2 heterocycles. The fourth-order valence-corrected chi connectivity index (χ4v) is 3.44. The summed E-state index contributed by atoms with van der Waals surface area (Å²) in [6, 6.07) is 2.58. The third-order valence-corrected chi connectivity index (χ3v) is 4.85. The van der Waals surface area contributed by atoms with Crippen molar-refractivity contribution in [1.29, 1.82) is 0 Å². The van der Waals surface area contributed by atoms with E-state index in [1.807, 2.05) is 0 Å². The molecule has 2 amide bonds. The van der Waals surface area contributed by atoms with Crippen molar-refractivity contribution < 1.29 is 24.2 Å². The van der Waals surface area contributed by atoms with E-state index in [1.54, 1.807) is 0 Å². The summed E-state index contributed by atoms with van der Waals surface area (Å²) in [5.41, 5.74) is -1.35. The molecule has 1 aromatic heterocycles. The van der Waals surface area contributed by atoms with Gasteiger partial charge in [0.05, 0.1) is 17.8 Å². The minimum atomic E-state index is -1.33. The Morgan fingerprint density at radius 2 is 2.04 bits per heavy atom. The molecule has 1 aromatic carbocycles. The number of aromatic nitrogens is 2.